The minimum Gasteiger partial charge on any atom is -0.457 e. The molecule has 0 spiro atoms. The van der Waals surface area contributed by atoms with E-state index in [0.717, 1.165) is 19.0 Å². The fourth-order valence-electron chi connectivity index (χ4n) is 2.03. The van der Waals surface area contributed by atoms with Crippen molar-refractivity contribution >= 4 is 12.1 Å². The summed E-state index contributed by atoms with van der Waals surface area (Å²) < 4.78 is 5.53. The molecular weight excluding hydrogens is 340 g/mol. The highest BCUT2D eigenvalue weighted by Gasteiger charge is 2.20. The molecule has 1 aromatic carbocycles. The summed E-state index contributed by atoms with van der Waals surface area (Å²) in [5.41, 5.74) is 2.67. The largest absolute Gasteiger partial charge is 0.457 e. The van der Waals surface area contributed by atoms with Crippen molar-refractivity contribution in [1.82, 2.24) is 0 Å². The smallest absolute Gasteiger partial charge is 0.194 e. The highest BCUT2D eigenvalue weighted by Crippen LogP contribution is 2.29. The molecule has 1 unspecified atom stereocenters. The van der Waals surface area contributed by atoms with E-state index in [1.54, 1.807) is 6.92 Å². The quantitative estimate of drug-likeness (QED) is 0.442. The van der Waals surface area contributed by atoms with E-state index in [1.807, 2.05) is 38.1 Å². The number of hydrogen-bond acceptors (Lipinski definition) is 4. The molecule has 1 atom stereocenters. The van der Waals surface area contributed by atoms with E-state index in [9.17, 15) is 9.59 Å². The Morgan fingerprint density at radius 3 is 2.07 bits per heavy atom. The minimum absolute atomic E-state index is 0.0612. The topological polar surface area (TPSA) is 67.5 Å². The first-order chi connectivity index (χ1) is 12.9. The van der Waals surface area contributed by atoms with Crippen LogP contribution < -0.4 is 0 Å². The third-order valence-electron chi connectivity index (χ3n) is 3.24. The zero-order valence-electron chi connectivity index (χ0n) is 17.5. The Bertz CT molecular complexity index is 703. The van der Waals surface area contributed by atoms with Crippen LogP contribution in [-0.4, -0.2) is 24.3 Å². The van der Waals surface area contributed by atoms with Gasteiger partial charge in [-0.1, -0.05) is 57.0 Å². The van der Waals surface area contributed by atoms with Gasteiger partial charge in [0.1, 0.15) is 5.76 Å². The maximum absolute atomic E-state index is 11.3. The van der Waals surface area contributed by atoms with Crippen molar-refractivity contribution in [2.45, 2.75) is 53.9 Å². The Morgan fingerprint density at radius 2 is 1.70 bits per heavy atom. The lowest BCUT2D eigenvalue weighted by molar-refractivity contribution is 0.0984. The predicted octanol–water partition coefficient (Wildman–Crippen LogP) is 5.42. The Kier molecular flexibility index (Phi) is 15.4. The average Bonchev–Trinajstić information content (AvgIpc) is 3.09. The Balaban J connectivity index is 0. The molecule has 0 saturated heterocycles. The molecule has 0 aliphatic carbocycles. The number of rotatable bonds is 4. The van der Waals surface area contributed by atoms with Gasteiger partial charge >= 0.3 is 0 Å². The standard InChI is InChI=1S/C16H16O3.C3H8.C3H4.CH4O/c1-10-4-6-13(7-5-10)11(2)16-14(9-17)8-15(19-16)12(3)18;2*1-3-2;1-2/h4-9,11H,1-3H3;3H2,1-2H3;1H,2H3;2H,1H3. The van der Waals surface area contributed by atoms with Gasteiger partial charge in [0.15, 0.2) is 17.8 Å². The number of aliphatic hydroxyl groups excluding tert-OH is 1. The number of Topliss-reactive ketones (excluding diaryl/α,β-unsaturated/α-hetero) is 1. The van der Waals surface area contributed by atoms with Gasteiger partial charge in [-0.25, -0.2) is 0 Å². The first-order valence-corrected chi connectivity index (χ1v) is 8.84. The van der Waals surface area contributed by atoms with Crippen molar-refractivity contribution in [2.24, 2.45) is 0 Å². The first-order valence-electron chi connectivity index (χ1n) is 8.84. The molecule has 0 aliphatic heterocycles. The maximum atomic E-state index is 11.3. The molecule has 4 heteroatoms. The van der Waals surface area contributed by atoms with Gasteiger partial charge in [0.25, 0.3) is 0 Å². The first kappa shape index (κ1) is 26.6. The molecule has 0 saturated carbocycles. The molecule has 1 heterocycles. The summed E-state index contributed by atoms with van der Waals surface area (Å²) in [7, 11) is 1.00. The van der Waals surface area contributed by atoms with Gasteiger partial charge in [-0.3, -0.25) is 9.59 Å². The number of benzene rings is 1. The van der Waals surface area contributed by atoms with Crippen LogP contribution in [0.25, 0.3) is 0 Å². The number of hydrogen-bond donors (Lipinski definition) is 1. The van der Waals surface area contributed by atoms with Crippen LogP contribution in [-0.2, 0) is 0 Å². The van der Waals surface area contributed by atoms with Gasteiger partial charge in [0.2, 0.25) is 0 Å². The van der Waals surface area contributed by atoms with Crippen LogP contribution in [0.2, 0.25) is 0 Å². The third kappa shape index (κ3) is 9.58. The molecule has 0 bridgehead atoms. The van der Waals surface area contributed by atoms with Crippen LogP contribution in [0.3, 0.4) is 0 Å². The summed E-state index contributed by atoms with van der Waals surface area (Å²) >= 11 is 0. The SMILES string of the molecule is C#CC.CC(=O)c1cc(C=O)c(C(C)c2ccc(C)cc2)o1.CCC.CO. The zero-order chi connectivity index (χ0) is 21.4. The van der Waals surface area contributed by atoms with E-state index < -0.39 is 0 Å². The molecule has 0 aliphatic rings. The second-order valence-corrected chi connectivity index (χ2v) is 5.73. The monoisotopic (exact) mass is 372 g/mol. The molecule has 2 rings (SSSR count). The predicted molar refractivity (Wildman–Crippen MR) is 111 cm³/mol. The number of carbonyl (C=O) groups excluding carboxylic acids is 2. The number of aliphatic hydroxyl groups is 1. The van der Waals surface area contributed by atoms with E-state index in [4.69, 9.17) is 9.52 Å². The van der Waals surface area contributed by atoms with Gasteiger partial charge < -0.3 is 9.52 Å². The molecule has 0 amide bonds. The zero-order valence-corrected chi connectivity index (χ0v) is 17.5. The van der Waals surface area contributed by atoms with Gasteiger partial charge in [0, 0.05) is 20.0 Å². The van der Waals surface area contributed by atoms with Crippen molar-refractivity contribution in [2.75, 3.05) is 7.11 Å². The van der Waals surface area contributed by atoms with E-state index in [0.29, 0.717) is 11.3 Å². The van der Waals surface area contributed by atoms with E-state index in [2.05, 4.69) is 26.2 Å². The summed E-state index contributed by atoms with van der Waals surface area (Å²) in [5.74, 6) is 2.79. The summed E-state index contributed by atoms with van der Waals surface area (Å²) in [4.78, 5) is 22.4. The second kappa shape index (κ2) is 15.6. The lowest BCUT2D eigenvalue weighted by atomic mass is 9.95. The van der Waals surface area contributed by atoms with Crippen molar-refractivity contribution in [3.8, 4) is 12.3 Å². The lowest BCUT2D eigenvalue weighted by Crippen LogP contribution is -1.97. The fourth-order valence-corrected chi connectivity index (χ4v) is 2.03. The molecule has 4 nitrogen and oxygen atoms in total. The van der Waals surface area contributed by atoms with Crippen LogP contribution in [0.1, 0.15) is 84.8 Å². The molecule has 0 fully saturated rings. The molecule has 2 aromatic rings. The number of carbonyl (C=O) groups is 2. The minimum atomic E-state index is -0.176. The Labute approximate surface area is 163 Å². The molecule has 1 N–H and O–H groups in total. The Hall–Kier alpha value is -2.64. The molecule has 148 valence electrons. The van der Waals surface area contributed by atoms with Crippen molar-refractivity contribution in [1.29, 1.82) is 0 Å². The normalized spacial score (nSPS) is 9.74. The van der Waals surface area contributed by atoms with Gasteiger partial charge in [0.05, 0.1) is 5.56 Å². The number of terminal acetylenes is 1. The third-order valence-corrected chi connectivity index (χ3v) is 3.24. The maximum Gasteiger partial charge on any atom is 0.194 e. The van der Waals surface area contributed by atoms with E-state index in [1.165, 1.54) is 25.0 Å². The molecule has 0 radical (unpaired) electrons. The highest BCUT2D eigenvalue weighted by atomic mass is 16.3. The average molecular weight is 373 g/mol. The van der Waals surface area contributed by atoms with Crippen molar-refractivity contribution in [3.05, 3.63) is 58.5 Å². The second-order valence-electron chi connectivity index (χ2n) is 5.73. The molecule has 1 aromatic heterocycles. The number of furan rings is 1. The van der Waals surface area contributed by atoms with Crippen LogP contribution >= 0.6 is 0 Å². The number of ketones is 1. The number of aryl methyl sites for hydroxylation is 1. The van der Waals surface area contributed by atoms with Crippen LogP contribution in [0.5, 0.6) is 0 Å². The van der Waals surface area contributed by atoms with E-state index >= 15 is 0 Å². The summed E-state index contributed by atoms with van der Waals surface area (Å²) in [6.45, 7) is 11.3. The van der Waals surface area contributed by atoms with Crippen LogP contribution in [0.4, 0.5) is 0 Å². The highest BCUT2D eigenvalue weighted by molar-refractivity contribution is 5.93. The van der Waals surface area contributed by atoms with Crippen molar-refractivity contribution < 1.29 is 19.1 Å². The summed E-state index contributed by atoms with van der Waals surface area (Å²) in [6, 6.07) is 9.55. The molecule has 27 heavy (non-hydrogen) atoms. The fraction of sp³-hybridized carbons (Fsp3) is 0.391. The van der Waals surface area contributed by atoms with Crippen molar-refractivity contribution in [3.63, 3.8) is 0 Å². The van der Waals surface area contributed by atoms with Gasteiger partial charge in [-0.15, -0.1) is 12.3 Å². The Morgan fingerprint density at radius 1 is 1.26 bits per heavy atom. The number of aldehydes is 1. The van der Waals surface area contributed by atoms with Gasteiger partial charge in [-0.2, -0.15) is 0 Å². The van der Waals surface area contributed by atoms with Gasteiger partial charge in [-0.05, 0) is 25.5 Å². The lowest BCUT2D eigenvalue weighted by Gasteiger charge is -2.10. The van der Waals surface area contributed by atoms with Crippen LogP contribution in [0.15, 0.2) is 34.7 Å². The van der Waals surface area contributed by atoms with E-state index in [-0.39, 0.29) is 17.5 Å². The summed E-state index contributed by atoms with van der Waals surface area (Å²) in [5, 5.41) is 7.00. The molecular formula is C23H32O4. The summed E-state index contributed by atoms with van der Waals surface area (Å²) in [6.07, 6.45) is 6.58. The van der Waals surface area contributed by atoms with Crippen LogP contribution in [0, 0.1) is 19.3 Å².